The fraction of sp³-hybridized carbons (Fsp3) is 0.577. The number of rotatable bonds is 3. The van der Waals surface area contributed by atoms with E-state index in [1.807, 2.05) is 6.20 Å². The van der Waals surface area contributed by atoms with E-state index in [1.54, 1.807) is 0 Å². The molecule has 1 aromatic heterocycles. The van der Waals surface area contributed by atoms with E-state index < -0.39 is 12.1 Å². The third-order valence-electron chi connectivity index (χ3n) is 7.34. The van der Waals surface area contributed by atoms with Crippen molar-refractivity contribution in [1.82, 2.24) is 19.4 Å². The molecule has 2 aromatic rings. The first-order valence-electron chi connectivity index (χ1n) is 12.6. The number of nitrogens with zero attached hydrogens (tertiary/aromatic N) is 4. The van der Waals surface area contributed by atoms with E-state index >= 15 is 0 Å². The van der Waals surface area contributed by atoms with Gasteiger partial charge in [-0.2, -0.15) is 13.2 Å². The summed E-state index contributed by atoms with van der Waals surface area (Å²) in [5.41, 5.74) is 5.40. The fourth-order valence-electron chi connectivity index (χ4n) is 5.49. The van der Waals surface area contributed by atoms with Crippen LogP contribution in [0.3, 0.4) is 0 Å². The highest BCUT2D eigenvalue weighted by Gasteiger charge is 2.38. The maximum absolute atomic E-state index is 12.9. The van der Waals surface area contributed by atoms with E-state index in [9.17, 15) is 18.0 Å². The number of fused-ring (bicyclic) bond motifs is 2. The van der Waals surface area contributed by atoms with Crippen LogP contribution in [0.5, 0.6) is 0 Å². The van der Waals surface area contributed by atoms with Crippen LogP contribution in [0.4, 0.5) is 13.2 Å². The lowest BCUT2D eigenvalue weighted by atomic mass is 9.86. The lowest BCUT2D eigenvalue weighted by molar-refractivity contribution is -0.192. The van der Waals surface area contributed by atoms with Gasteiger partial charge in [-0.1, -0.05) is 37.5 Å². The predicted octanol–water partition coefficient (Wildman–Crippen LogP) is 4.48. The van der Waals surface area contributed by atoms with Gasteiger partial charge in [0.05, 0.1) is 11.9 Å². The number of amides is 1. The molecule has 1 aromatic carbocycles. The number of alkyl halides is 3. The van der Waals surface area contributed by atoms with Crippen LogP contribution >= 0.6 is 0 Å². The van der Waals surface area contributed by atoms with Crippen molar-refractivity contribution in [1.29, 1.82) is 0 Å². The van der Waals surface area contributed by atoms with Gasteiger partial charge in [-0.15, -0.1) is 0 Å². The smallest absolute Gasteiger partial charge is 0.475 e. The Labute approximate surface area is 208 Å². The summed E-state index contributed by atoms with van der Waals surface area (Å²) in [5, 5.41) is 7.12. The number of hydrogen-bond donors (Lipinski definition) is 1. The van der Waals surface area contributed by atoms with Gasteiger partial charge in [0, 0.05) is 51.1 Å². The quantitative estimate of drug-likeness (QED) is 0.664. The zero-order valence-corrected chi connectivity index (χ0v) is 20.6. The molecule has 2 aliphatic heterocycles. The minimum atomic E-state index is -5.08. The van der Waals surface area contributed by atoms with Gasteiger partial charge in [-0.3, -0.25) is 9.69 Å². The number of carboxylic acids is 1. The van der Waals surface area contributed by atoms with Crippen LogP contribution in [0, 0.1) is 5.92 Å². The predicted molar refractivity (Wildman–Crippen MR) is 128 cm³/mol. The molecule has 3 heterocycles. The topological polar surface area (TPSA) is 78.7 Å². The Morgan fingerprint density at radius 1 is 1.08 bits per heavy atom. The average Bonchev–Trinajstić information content (AvgIpc) is 3.34. The van der Waals surface area contributed by atoms with Crippen LogP contribution in [0.1, 0.15) is 55.5 Å². The molecule has 36 heavy (non-hydrogen) atoms. The van der Waals surface area contributed by atoms with Crippen molar-refractivity contribution < 1.29 is 27.9 Å². The molecule has 0 bridgehead atoms. The molecular weight excluding hydrogens is 473 g/mol. The number of carbonyl (C=O) groups excluding carboxylic acids is 1. The van der Waals surface area contributed by atoms with Crippen molar-refractivity contribution in [3.63, 3.8) is 0 Å². The Hall–Kier alpha value is -2.88. The Morgan fingerprint density at radius 2 is 1.81 bits per heavy atom. The first-order chi connectivity index (χ1) is 17.1. The molecule has 3 aliphatic rings. The number of halogens is 3. The summed E-state index contributed by atoms with van der Waals surface area (Å²) in [7, 11) is 2.18. The Bertz CT molecular complexity index is 1090. The van der Waals surface area contributed by atoms with Gasteiger partial charge in [0.15, 0.2) is 0 Å². The molecule has 1 aliphatic carbocycles. The monoisotopic (exact) mass is 506 g/mol. The van der Waals surface area contributed by atoms with Crippen molar-refractivity contribution in [2.45, 2.75) is 70.8 Å². The average molecular weight is 507 g/mol. The maximum Gasteiger partial charge on any atom is 0.490 e. The molecule has 0 radical (unpaired) electrons. The van der Waals surface area contributed by atoms with Crippen LogP contribution in [0.15, 0.2) is 24.4 Å². The van der Waals surface area contributed by atoms with E-state index in [-0.39, 0.29) is 0 Å². The van der Waals surface area contributed by atoms with Crippen molar-refractivity contribution in [2.75, 3.05) is 20.1 Å². The first kappa shape index (κ1) is 26.2. The minimum Gasteiger partial charge on any atom is -0.475 e. The number of carbonyl (C=O) groups is 2. The second-order valence-electron chi connectivity index (χ2n) is 9.97. The van der Waals surface area contributed by atoms with Gasteiger partial charge >= 0.3 is 12.1 Å². The van der Waals surface area contributed by atoms with Crippen LogP contribution in [0.25, 0.3) is 11.3 Å². The Morgan fingerprint density at radius 3 is 2.50 bits per heavy atom. The second-order valence-corrected chi connectivity index (χ2v) is 9.97. The fourth-order valence-corrected chi connectivity index (χ4v) is 5.49. The van der Waals surface area contributed by atoms with Crippen LogP contribution < -0.4 is 0 Å². The number of aliphatic carboxylic acids is 1. The highest BCUT2D eigenvalue weighted by molar-refractivity contribution is 5.76. The lowest BCUT2D eigenvalue weighted by Gasteiger charge is -2.25. The molecule has 1 saturated carbocycles. The van der Waals surface area contributed by atoms with E-state index in [4.69, 9.17) is 14.9 Å². The van der Waals surface area contributed by atoms with E-state index in [2.05, 4.69) is 39.6 Å². The van der Waals surface area contributed by atoms with Gasteiger partial charge in [0.25, 0.3) is 0 Å². The summed E-state index contributed by atoms with van der Waals surface area (Å²) in [6.45, 7) is 4.47. The zero-order valence-electron chi connectivity index (χ0n) is 20.6. The van der Waals surface area contributed by atoms with Crippen molar-refractivity contribution in [3.8, 4) is 11.3 Å². The summed E-state index contributed by atoms with van der Waals surface area (Å²) in [6.07, 6.45) is 4.97. The number of imidazole rings is 1. The second kappa shape index (κ2) is 11.0. The molecular formula is C26H33F3N4O3. The van der Waals surface area contributed by atoms with Crippen LogP contribution in [0.2, 0.25) is 0 Å². The SMILES string of the molecule is CN1Cc2cccc(-c3cnc4n3CCN(C(=O)CC3CCCCC3)CC4)c2C1.O=C(O)C(F)(F)F. The number of aromatic nitrogens is 2. The highest BCUT2D eigenvalue weighted by atomic mass is 19.4. The number of benzene rings is 1. The molecule has 0 unspecified atom stereocenters. The van der Waals surface area contributed by atoms with Gasteiger partial charge in [-0.05, 0) is 36.9 Å². The van der Waals surface area contributed by atoms with Crippen molar-refractivity contribution in [2.24, 2.45) is 5.92 Å². The molecule has 1 amide bonds. The summed E-state index contributed by atoms with van der Waals surface area (Å²) >= 11 is 0. The number of hydrogen-bond acceptors (Lipinski definition) is 4. The Kier molecular flexibility index (Phi) is 8.02. The summed E-state index contributed by atoms with van der Waals surface area (Å²) in [5.74, 6) is -0.674. The van der Waals surface area contributed by atoms with Crippen LogP contribution in [-0.2, 0) is 35.6 Å². The summed E-state index contributed by atoms with van der Waals surface area (Å²) in [4.78, 5) is 31.0. The molecule has 0 saturated heterocycles. The molecule has 1 fully saturated rings. The zero-order chi connectivity index (χ0) is 25.9. The molecule has 0 atom stereocenters. The standard InChI is InChI=1S/C24H32N4O.C2HF3O2/c1-26-16-19-8-5-9-20(21(19)17-26)22-15-25-23-10-11-27(12-13-28(22)23)24(29)14-18-6-3-2-4-7-18;3-2(4,5)1(6)7/h5,8-9,15,18H,2-4,6-7,10-14,16-17H2,1H3;(H,6,7). The van der Waals surface area contributed by atoms with Gasteiger partial charge in [-0.25, -0.2) is 9.78 Å². The van der Waals surface area contributed by atoms with Crippen molar-refractivity contribution in [3.05, 3.63) is 41.3 Å². The number of carboxylic acid groups (broad SMARTS) is 1. The van der Waals surface area contributed by atoms with Gasteiger partial charge in [0.2, 0.25) is 5.91 Å². The minimum absolute atomic E-state index is 0.353. The van der Waals surface area contributed by atoms with E-state index in [0.29, 0.717) is 11.8 Å². The first-order valence-corrected chi connectivity index (χ1v) is 12.6. The molecule has 10 heteroatoms. The summed E-state index contributed by atoms with van der Waals surface area (Å²) in [6, 6.07) is 6.65. The molecule has 196 valence electrons. The third kappa shape index (κ3) is 6.08. The van der Waals surface area contributed by atoms with Crippen LogP contribution in [-0.4, -0.2) is 62.6 Å². The van der Waals surface area contributed by atoms with Gasteiger partial charge in [0.1, 0.15) is 5.82 Å². The lowest BCUT2D eigenvalue weighted by Crippen LogP contribution is -2.35. The molecule has 0 spiro atoms. The van der Waals surface area contributed by atoms with Crippen molar-refractivity contribution >= 4 is 11.9 Å². The Balaban J connectivity index is 0.000000384. The highest BCUT2D eigenvalue weighted by Crippen LogP contribution is 2.33. The van der Waals surface area contributed by atoms with E-state index in [0.717, 1.165) is 51.4 Å². The third-order valence-corrected chi connectivity index (χ3v) is 7.34. The van der Waals surface area contributed by atoms with Gasteiger partial charge < -0.3 is 14.6 Å². The molecule has 7 nitrogen and oxygen atoms in total. The molecule has 1 N–H and O–H groups in total. The summed E-state index contributed by atoms with van der Waals surface area (Å²) < 4.78 is 34.1. The molecule has 5 rings (SSSR count). The maximum atomic E-state index is 12.9. The normalized spacial score (nSPS) is 18.6. The largest absolute Gasteiger partial charge is 0.490 e. The van der Waals surface area contributed by atoms with E-state index in [1.165, 1.54) is 54.5 Å².